The molecule has 2 nitrogen and oxygen atoms in total. The van der Waals surface area contributed by atoms with Crippen LogP contribution in [-0.4, -0.2) is 10.2 Å². The van der Waals surface area contributed by atoms with E-state index < -0.39 is 0 Å². The van der Waals surface area contributed by atoms with Crippen LogP contribution in [0.25, 0.3) is 11.1 Å². The van der Waals surface area contributed by atoms with E-state index in [-0.39, 0.29) is 12.4 Å². The van der Waals surface area contributed by atoms with Crippen LogP contribution in [0.3, 0.4) is 0 Å². The average molecular weight is 200 g/mol. The van der Waals surface area contributed by atoms with E-state index in [2.05, 4.69) is 0 Å². The van der Waals surface area contributed by atoms with Gasteiger partial charge in [0.2, 0.25) is 0 Å². The Balaban J connectivity index is 2.37. The second kappa shape index (κ2) is 4.15. The van der Waals surface area contributed by atoms with Crippen LogP contribution in [0.4, 0.5) is 0 Å². The van der Waals surface area contributed by atoms with E-state index in [9.17, 15) is 5.11 Å². The molecule has 2 N–H and O–H groups in total. The van der Waals surface area contributed by atoms with Crippen LogP contribution < -0.4 is 0 Å². The smallest absolute Gasteiger partial charge is 0.116 e. The summed E-state index contributed by atoms with van der Waals surface area (Å²) in [5, 5.41) is 18.2. The maximum Gasteiger partial charge on any atom is 0.116 e. The Labute approximate surface area is 88.4 Å². The van der Waals surface area contributed by atoms with Crippen molar-refractivity contribution in [3.05, 3.63) is 54.1 Å². The van der Waals surface area contributed by atoms with E-state index in [1.807, 2.05) is 36.4 Å². The summed E-state index contributed by atoms with van der Waals surface area (Å²) < 4.78 is 0. The highest BCUT2D eigenvalue weighted by Gasteiger charge is 1.98. The topological polar surface area (TPSA) is 40.5 Å². The molecule has 0 aliphatic carbocycles. The van der Waals surface area contributed by atoms with Gasteiger partial charge in [-0.1, -0.05) is 36.4 Å². The van der Waals surface area contributed by atoms with Gasteiger partial charge in [-0.25, -0.2) is 0 Å². The lowest BCUT2D eigenvalue weighted by Gasteiger charge is -2.03. The molecular formula is C13H12O2. The van der Waals surface area contributed by atoms with Gasteiger partial charge in [0.15, 0.2) is 0 Å². The summed E-state index contributed by atoms with van der Waals surface area (Å²) in [7, 11) is 0. The van der Waals surface area contributed by atoms with Crippen molar-refractivity contribution in [2.24, 2.45) is 0 Å². The number of hydrogen-bond acceptors (Lipinski definition) is 2. The number of phenols is 1. The van der Waals surface area contributed by atoms with Gasteiger partial charge in [-0.2, -0.15) is 0 Å². The Bertz CT molecular complexity index is 446. The molecular weight excluding hydrogens is 188 g/mol. The van der Waals surface area contributed by atoms with Crippen molar-refractivity contribution in [1.82, 2.24) is 0 Å². The Morgan fingerprint density at radius 1 is 0.867 bits per heavy atom. The molecule has 2 aromatic rings. The standard InChI is InChI=1S/C13H12O2/c14-9-10-4-6-11(7-5-10)12-2-1-3-13(15)8-12/h1-8,14-15H,9H2. The zero-order valence-corrected chi connectivity index (χ0v) is 8.22. The van der Waals surface area contributed by atoms with Crippen LogP contribution >= 0.6 is 0 Å². The van der Waals surface area contributed by atoms with Gasteiger partial charge >= 0.3 is 0 Å². The van der Waals surface area contributed by atoms with Crippen molar-refractivity contribution in [3.8, 4) is 16.9 Å². The molecule has 0 heterocycles. The lowest BCUT2D eigenvalue weighted by atomic mass is 10.0. The number of hydrogen-bond donors (Lipinski definition) is 2. The fourth-order valence-corrected chi connectivity index (χ4v) is 1.49. The van der Waals surface area contributed by atoms with Crippen LogP contribution in [-0.2, 0) is 6.61 Å². The average Bonchev–Trinajstić information content (AvgIpc) is 2.29. The first-order valence-corrected chi connectivity index (χ1v) is 4.79. The van der Waals surface area contributed by atoms with Crippen molar-refractivity contribution in [2.45, 2.75) is 6.61 Å². The van der Waals surface area contributed by atoms with Gasteiger partial charge in [0, 0.05) is 0 Å². The minimum Gasteiger partial charge on any atom is -0.508 e. The van der Waals surface area contributed by atoms with E-state index >= 15 is 0 Å². The molecule has 76 valence electrons. The highest BCUT2D eigenvalue weighted by atomic mass is 16.3. The Morgan fingerprint density at radius 2 is 1.60 bits per heavy atom. The summed E-state index contributed by atoms with van der Waals surface area (Å²) in [5.41, 5.74) is 2.89. The lowest BCUT2D eigenvalue weighted by molar-refractivity contribution is 0.282. The molecule has 0 fully saturated rings. The van der Waals surface area contributed by atoms with Crippen LogP contribution in [0.5, 0.6) is 5.75 Å². The Morgan fingerprint density at radius 3 is 2.20 bits per heavy atom. The summed E-state index contributed by atoms with van der Waals surface area (Å²) in [6.45, 7) is 0.0559. The third kappa shape index (κ3) is 2.17. The zero-order chi connectivity index (χ0) is 10.7. The normalized spacial score (nSPS) is 10.2. The maximum absolute atomic E-state index is 9.34. The predicted octanol–water partition coefficient (Wildman–Crippen LogP) is 2.55. The highest BCUT2D eigenvalue weighted by molar-refractivity contribution is 5.65. The van der Waals surface area contributed by atoms with Crippen molar-refractivity contribution in [2.75, 3.05) is 0 Å². The molecule has 0 bridgehead atoms. The van der Waals surface area contributed by atoms with Crippen molar-refractivity contribution < 1.29 is 10.2 Å². The van der Waals surface area contributed by atoms with Gasteiger partial charge in [-0.15, -0.1) is 0 Å². The fourth-order valence-electron chi connectivity index (χ4n) is 1.49. The number of phenolic OH excluding ortho intramolecular Hbond substituents is 1. The zero-order valence-electron chi connectivity index (χ0n) is 8.22. The number of rotatable bonds is 2. The summed E-state index contributed by atoms with van der Waals surface area (Å²) >= 11 is 0. The van der Waals surface area contributed by atoms with E-state index in [0.29, 0.717) is 0 Å². The predicted molar refractivity (Wildman–Crippen MR) is 59.5 cm³/mol. The summed E-state index contributed by atoms with van der Waals surface area (Å²) in [6.07, 6.45) is 0. The lowest BCUT2D eigenvalue weighted by Crippen LogP contribution is -1.82. The quantitative estimate of drug-likeness (QED) is 0.782. The monoisotopic (exact) mass is 200 g/mol. The second-order valence-electron chi connectivity index (χ2n) is 3.41. The van der Waals surface area contributed by atoms with E-state index in [1.165, 1.54) is 0 Å². The van der Waals surface area contributed by atoms with Gasteiger partial charge in [-0.3, -0.25) is 0 Å². The van der Waals surface area contributed by atoms with E-state index in [0.717, 1.165) is 16.7 Å². The minimum atomic E-state index is 0.0559. The van der Waals surface area contributed by atoms with E-state index in [1.54, 1.807) is 12.1 Å². The van der Waals surface area contributed by atoms with Crippen LogP contribution in [0.15, 0.2) is 48.5 Å². The van der Waals surface area contributed by atoms with Gasteiger partial charge in [-0.05, 0) is 28.8 Å². The summed E-state index contributed by atoms with van der Waals surface area (Å²) in [4.78, 5) is 0. The van der Waals surface area contributed by atoms with Crippen molar-refractivity contribution in [3.63, 3.8) is 0 Å². The number of aliphatic hydroxyl groups excluding tert-OH is 1. The fraction of sp³-hybridized carbons (Fsp3) is 0.0769. The number of benzene rings is 2. The molecule has 0 unspecified atom stereocenters. The minimum absolute atomic E-state index is 0.0559. The first-order valence-electron chi connectivity index (χ1n) is 4.79. The molecule has 0 saturated heterocycles. The third-order valence-corrected chi connectivity index (χ3v) is 2.32. The SMILES string of the molecule is OCc1ccc(-c2cccc(O)c2)cc1. The molecule has 2 aromatic carbocycles. The molecule has 15 heavy (non-hydrogen) atoms. The largest absolute Gasteiger partial charge is 0.508 e. The molecule has 0 amide bonds. The molecule has 0 aliphatic heterocycles. The number of aromatic hydroxyl groups is 1. The van der Waals surface area contributed by atoms with Gasteiger partial charge in [0.05, 0.1) is 6.61 Å². The molecule has 2 heteroatoms. The molecule has 0 atom stereocenters. The van der Waals surface area contributed by atoms with Gasteiger partial charge < -0.3 is 10.2 Å². The molecule has 2 rings (SSSR count). The third-order valence-electron chi connectivity index (χ3n) is 2.32. The molecule has 0 radical (unpaired) electrons. The highest BCUT2D eigenvalue weighted by Crippen LogP contribution is 2.23. The number of aliphatic hydroxyl groups is 1. The Kier molecular flexibility index (Phi) is 2.70. The van der Waals surface area contributed by atoms with Gasteiger partial charge in [0.25, 0.3) is 0 Å². The van der Waals surface area contributed by atoms with Crippen LogP contribution in [0.2, 0.25) is 0 Å². The molecule has 0 aliphatic rings. The van der Waals surface area contributed by atoms with Crippen LogP contribution in [0.1, 0.15) is 5.56 Å². The summed E-state index contributed by atoms with van der Waals surface area (Å²) in [6, 6.07) is 14.7. The summed E-state index contributed by atoms with van der Waals surface area (Å²) in [5.74, 6) is 0.263. The Hall–Kier alpha value is -1.80. The van der Waals surface area contributed by atoms with Crippen molar-refractivity contribution >= 4 is 0 Å². The maximum atomic E-state index is 9.34. The molecule has 0 saturated carbocycles. The molecule has 0 aromatic heterocycles. The first kappa shape index (κ1) is 9.74. The second-order valence-corrected chi connectivity index (χ2v) is 3.41. The molecule has 0 spiro atoms. The van der Waals surface area contributed by atoms with Gasteiger partial charge in [0.1, 0.15) is 5.75 Å². The van der Waals surface area contributed by atoms with Crippen LogP contribution in [0, 0.1) is 0 Å². The van der Waals surface area contributed by atoms with Crippen molar-refractivity contribution in [1.29, 1.82) is 0 Å². The first-order chi connectivity index (χ1) is 7.29. The van der Waals surface area contributed by atoms with E-state index in [4.69, 9.17) is 5.11 Å².